The van der Waals surface area contributed by atoms with E-state index in [1.807, 2.05) is 13.8 Å². The van der Waals surface area contributed by atoms with Gasteiger partial charge in [-0.05, 0) is 17.4 Å². The Labute approximate surface area is 61.6 Å². The summed E-state index contributed by atoms with van der Waals surface area (Å²) in [5.41, 5.74) is 0. The van der Waals surface area contributed by atoms with Crippen molar-refractivity contribution in [3.8, 4) is 0 Å². The van der Waals surface area contributed by atoms with Crippen molar-refractivity contribution in [2.75, 3.05) is 0 Å². The summed E-state index contributed by atoms with van der Waals surface area (Å²) in [5, 5.41) is 0. The van der Waals surface area contributed by atoms with Gasteiger partial charge < -0.3 is 0 Å². The van der Waals surface area contributed by atoms with Gasteiger partial charge in [-0.25, -0.2) is 0 Å². The Hall–Kier alpha value is -0.240. The minimum absolute atomic E-state index is 0.154. The Morgan fingerprint density at radius 1 is 1.44 bits per heavy atom. The van der Waals surface area contributed by atoms with Crippen LogP contribution in [0, 0.1) is 0 Å². The molecule has 0 atom stereocenters. The molecule has 0 fully saturated rings. The lowest BCUT2D eigenvalue weighted by molar-refractivity contribution is -0.114. The normalized spacial score (nSPS) is 11.7. The molecular weight excluding hydrogens is 132 g/mol. The van der Waals surface area contributed by atoms with Gasteiger partial charge in [0.1, 0.15) is 0 Å². The molecule has 0 rings (SSSR count). The van der Waals surface area contributed by atoms with Crippen LogP contribution in [0.4, 0.5) is 0 Å². The molecule has 0 aromatic heterocycles. The molecule has 0 unspecified atom stereocenters. The average molecular weight is 144 g/mol. The molecule has 0 heterocycles. The molecule has 0 aromatic carbocycles. The number of allylic oxidation sites excluding steroid dienone is 2. The third-order valence-corrected chi connectivity index (χ3v) is 1.48. The lowest BCUT2D eigenvalue weighted by Gasteiger charge is -1.90. The zero-order chi connectivity index (χ0) is 7.28. The number of rotatable bonds is 3. The van der Waals surface area contributed by atoms with E-state index in [1.165, 1.54) is 0 Å². The van der Waals surface area contributed by atoms with Crippen molar-refractivity contribution in [1.29, 1.82) is 0 Å². The maximum absolute atomic E-state index is 10.7. The number of carbonyl (C=O) groups is 1. The first-order valence-electron chi connectivity index (χ1n) is 3.13. The van der Waals surface area contributed by atoms with Crippen LogP contribution in [0.3, 0.4) is 0 Å². The number of hydrogen-bond donors (Lipinski definition) is 1. The molecule has 0 aliphatic heterocycles. The van der Waals surface area contributed by atoms with E-state index in [0.717, 1.165) is 11.3 Å². The molecule has 9 heavy (non-hydrogen) atoms. The summed E-state index contributed by atoms with van der Waals surface area (Å²) in [4.78, 5) is 11.5. The molecular formula is C7H12OS. The first kappa shape index (κ1) is 8.76. The molecule has 1 nitrogen and oxygen atoms in total. The number of ketones is 1. The maximum atomic E-state index is 10.7. The predicted molar refractivity (Wildman–Crippen MR) is 42.7 cm³/mol. The quantitative estimate of drug-likeness (QED) is 0.474. The Kier molecular flexibility index (Phi) is 4.50. The van der Waals surface area contributed by atoms with E-state index in [4.69, 9.17) is 0 Å². The van der Waals surface area contributed by atoms with Gasteiger partial charge in [0.05, 0.1) is 0 Å². The summed E-state index contributed by atoms with van der Waals surface area (Å²) >= 11 is 4.06. The highest BCUT2D eigenvalue weighted by molar-refractivity contribution is 7.84. The predicted octanol–water partition coefficient (Wildman–Crippen LogP) is 2.19. The van der Waals surface area contributed by atoms with E-state index < -0.39 is 0 Å². The van der Waals surface area contributed by atoms with Gasteiger partial charge in [-0.15, -0.1) is 12.6 Å². The zero-order valence-electron chi connectivity index (χ0n) is 5.85. The molecule has 0 radical (unpaired) electrons. The second-order valence-electron chi connectivity index (χ2n) is 1.81. The van der Waals surface area contributed by atoms with Crippen LogP contribution in [0.1, 0.15) is 26.7 Å². The van der Waals surface area contributed by atoms with E-state index in [2.05, 4.69) is 12.6 Å². The Morgan fingerprint density at radius 2 is 2.00 bits per heavy atom. The maximum Gasteiger partial charge on any atom is 0.156 e. The Morgan fingerprint density at radius 3 is 2.33 bits per heavy atom. The summed E-state index contributed by atoms with van der Waals surface area (Å²) in [6.07, 6.45) is 3.00. The van der Waals surface area contributed by atoms with Gasteiger partial charge in [-0.3, -0.25) is 4.79 Å². The third-order valence-electron chi connectivity index (χ3n) is 1.04. The van der Waals surface area contributed by atoms with Gasteiger partial charge in [0, 0.05) is 6.42 Å². The highest BCUT2D eigenvalue weighted by Crippen LogP contribution is 2.04. The molecule has 0 spiro atoms. The van der Waals surface area contributed by atoms with Crippen molar-refractivity contribution in [3.63, 3.8) is 0 Å². The van der Waals surface area contributed by atoms with Gasteiger partial charge in [0.15, 0.2) is 5.78 Å². The monoisotopic (exact) mass is 144 g/mol. The Balaban J connectivity index is 3.79. The zero-order valence-corrected chi connectivity index (χ0v) is 6.74. The van der Waals surface area contributed by atoms with Crippen LogP contribution in [-0.4, -0.2) is 5.78 Å². The van der Waals surface area contributed by atoms with E-state index >= 15 is 0 Å². The molecule has 0 N–H and O–H groups in total. The lowest BCUT2D eigenvalue weighted by atomic mass is 10.2. The van der Waals surface area contributed by atoms with Crippen molar-refractivity contribution in [2.24, 2.45) is 0 Å². The summed E-state index contributed by atoms with van der Waals surface area (Å²) in [6.45, 7) is 3.82. The smallest absolute Gasteiger partial charge is 0.156 e. The van der Waals surface area contributed by atoms with E-state index in [0.29, 0.717) is 6.42 Å². The first-order valence-corrected chi connectivity index (χ1v) is 3.57. The molecule has 0 aliphatic rings. The summed E-state index contributed by atoms with van der Waals surface area (Å²) < 4.78 is 0. The van der Waals surface area contributed by atoms with Gasteiger partial charge in [-0.2, -0.15) is 0 Å². The van der Waals surface area contributed by atoms with Crippen molar-refractivity contribution in [1.82, 2.24) is 0 Å². The second-order valence-corrected chi connectivity index (χ2v) is 2.38. The fourth-order valence-electron chi connectivity index (χ4n) is 0.390. The van der Waals surface area contributed by atoms with Gasteiger partial charge >= 0.3 is 0 Å². The summed E-state index contributed by atoms with van der Waals surface area (Å²) in [5.74, 6) is 0.154. The van der Waals surface area contributed by atoms with Crippen molar-refractivity contribution >= 4 is 18.4 Å². The largest absolute Gasteiger partial charge is 0.295 e. The van der Waals surface area contributed by atoms with Crippen LogP contribution in [0.5, 0.6) is 0 Å². The molecule has 0 saturated heterocycles. The van der Waals surface area contributed by atoms with Gasteiger partial charge in [-0.1, -0.05) is 13.8 Å². The second kappa shape index (κ2) is 4.62. The van der Waals surface area contributed by atoms with Crippen LogP contribution >= 0.6 is 12.6 Å². The SMILES string of the molecule is CCC(=O)/C=C(\S)CC. The first-order chi connectivity index (χ1) is 4.20. The fraction of sp³-hybridized carbons (Fsp3) is 0.571. The highest BCUT2D eigenvalue weighted by Gasteiger charge is 1.91. The Bertz CT molecular complexity index is 127. The molecule has 2 heteroatoms. The summed E-state index contributed by atoms with van der Waals surface area (Å²) in [6, 6.07) is 0. The third kappa shape index (κ3) is 4.28. The summed E-state index contributed by atoms with van der Waals surface area (Å²) in [7, 11) is 0. The average Bonchev–Trinajstić information content (AvgIpc) is 1.87. The van der Waals surface area contributed by atoms with Crippen LogP contribution < -0.4 is 0 Å². The molecule has 0 bridgehead atoms. The fourth-order valence-corrected chi connectivity index (χ4v) is 0.534. The van der Waals surface area contributed by atoms with Crippen LogP contribution in [0.2, 0.25) is 0 Å². The topological polar surface area (TPSA) is 17.1 Å². The highest BCUT2D eigenvalue weighted by atomic mass is 32.1. The minimum Gasteiger partial charge on any atom is -0.295 e. The number of carbonyl (C=O) groups excluding carboxylic acids is 1. The molecule has 0 aromatic rings. The van der Waals surface area contributed by atoms with Crippen LogP contribution in [-0.2, 0) is 4.79 Å². The van der Waals surface area contributed by atoms with Gasteiger partial charge in [0.25, 0.3) is 0 Å². The van der Waals surface area contributed by atoms with Gasteiger partial charge in [0.2, 0.25) is 0 Å². The molecule has 0 aliphatic carbocycles. The molecule has 52 valence electrons. The van der Waals surface area contributed by atoms with E-state index in [1.54, 1.807) is 6.08 Å². The lowest BCUT2D eigenvalue weighted by Crippen LogP contribution is -1.88. The van der Waals surface area contributed by atoms with Crippen LogP contribution in [0.15, 0.2) is 11.0 Å². The van der Waals surface area contributed by atoms with Crippen molar-refractivity contribution < 1.29 is 4.79 Å². The van der Waals surface area contributed by atoms with E-state index in [-0.39, 0.29) is 5.78 Å². The van der Waals surface area contributed by atoms with E-state index in [9.17, 15) is 4.79 Å². The van der Waals surface area contributed by atoms with Crippen molar-refractivity contribution in [2.45, 2.75) is 26.7 Å². The molecule has 0 saturated carbocycles. The minimum atomic E-state index is 0.154. The van der Waals surface area contributed by atoms with Crippen LogP contribution in [0.25, 0.3) is 0 Å². The number of hydrogen-bond acceptors (Lipinski definition) is 2. The van der Waals surface area contributed by atoms with Crippen molar-refractivity contribution in [3.05, 3.63) is 11.0 Å². The number of thiol groups is 1. The standard InChI is InChI=1S/C7H12OS/c1-3-6(8)5-7(9)4-2/h5,9H,3-4H2,1-2H3/b7-5-. The molecule has 0 amide bonds.